The van der Waals surface area contributed by atoms with Crippen molar-refractivity contribution in [2.45, 2.75) is 18.5 Å². The van der Waals surface area contributed by atoms with Gasteiger partial charge in [-0.3, -0.25) is 9.69 Å². The van der Waals surface area contributed by atoms with E-state index in [2.05, 4.69) is 20.1 Å². The quantitative estimate of drug-likeness (QED) is 0.849. The number of benzene rings is 1. The minimum absolute atomic E-state index is 0.0104. The molecule has 1 amide bonds. The number of fused-ring (bicyclic) bond motifs is 1. The van der Waals surface area contributed by atoms with E-state index in [4.69, 9.17) is 4.42 Å². The Kier molecular flexibility index (Phi) is 4.71. The molecule has 3 fully saturated rings. The molecule has 144 valence electrons. The lowest BCUT2D eigenvalue weighted by molar-refractivity contribution is -0.131. The van der Waals surface area contributed by atoms with Crippen molar-refractivity contribution in [1.82, 2.24) is 20.1 Å². The van der Waals surface area contributed by atoms with Gasteiger partial charge in [0.05, 0.1) is 11.9 Å². The molecule has 0 spiro atoms. The van der Waals surface area contributed by atoms with Crippen LogP contribution in [0.5, 0.6) is 0 Å². The maximum Gasteiger partial charge on any atom is 0.298 e. The van der Waals surface area contributed by atoms with Crippen molar-refractivity contribution in [3.8, 4) is 0 Å². The Hall–Kier alpha value is -1.77. The number of nitrogens with zero attached hydrogens (tertiary/aromatic N) is 4. The first kappa shape index (κ1) is 17.3. The van der Waals surface area contributed by atoms with Crippen LogP contribution in [0.25, 0.3) is 11.1 Å². The van der Waals surface area contributed by atoms with E-state index in [0.29, 0.717) is 6.04 Å². The fourth-order valence-corrected chi connectivity index (χ4v) is 5.22. The second kappa shape index (κ2) is 7.33. The van der Waals surface area contributed by atoms with Crippen LogP contribution in [0.15, 0.2) is 28.7 Å². The topological polar surface area (TPSA) is 64.9 Å². The lowest BCUT2D eigenvalue weighted by atomic mass is 10.1. The Morgan fingerprint density at radius 2 is 2.04 bits per heavy atom. The summed E-state index contributed by atoms with van der Waals surface area (Å²) in [4.78, 5) is 23.9. The number of piperazine rings is 1. The zero-order chi connectivity index (χ0) is 18.2. The first-order chi connectivity index (χ1) is 13.3. The first-order valence-electron chi connectivity index (χ1n) is 9.72. The summed E-state index contributed by atoms with van der Waals surface area (Å²) >= 11 is 1.84. The van der Waals surface area contributed by atoms with E-state index in [1.54, 1.807) is 0 Å². The van der Waals surface area contributed by atoms with Gasteiger partial charge in [-0.25, -0.2) is 0 Å². The number of oxazole rings is 1. The molecular weight excluding hydrogens is 362 g/mol. The van der Waals surface area contributed by atoms with Crippen LogP contribution in [0.1, 0.15) is 6.42 Å². The summed E-state index contributed by atoms with van der Waals surface area (Å²) in [6, 6.07) is 9.06. The second-order valence-corrected chi connectivity index (χ2v) is 8.55. The molecule has 1 N–H and O–H groups in total. The van der Waals surface area contributed by atoms with Crippen LogP contribution in [0.2, 0.25) is 0 Å². The molecule has 0 unspecified atom stereocenters. The normalized spacial score (nSPS) is 27.0. The summed E-state index contributed by atoms with van der Waals surface area (Å²) < 4.78 is 5.91. The van der Waals surface area contributed by atoms with Crippen molar-refractivity contribution in [1.29, 1.82) is 0 Å². The van der Waals surface area contributed by atoms with Crippen LogP contribution in [-0.2, 0) is 4.79 Å². The summed E-state index contributed by atoms with van der Waals surface area (Å²) in [5.41, 5.74) is 1.76. The van der Waals surface area contributed by atoms with Gasteiger partial charge in [-0.2, -0.15) is 4.98 Å². The molecule has 27 heavy (non-hydrogen) atoms. The summed E-state index contributed by atoms with van der Waals surface area (Å²) in [6.07, 6.45) is 0.920. The van der Waals surface area contributed by atoms with Gasteiger partial charge >= 0.3 is 0 Å². The number of amides is 1. The highest BCUT2D eigenvalue weighted by Crippen LogP contribution is 2.25. The molecule has 0 saturated carbocycles. The Labute approximate surface area is 163 Å². The third kappa shape index (κ3) is 3.41. The average molecular weight is 388 g/mol. The molecule has 0 radical (unpaired) electrons. The fourth-order valence-electron chi connectivity index (χ4n) is 4.27. The van der Waals surface area contributed by atoms with Gasteiger partial charge in [-0.05, 0) is 18.6 Å². The van der Waals surface area contributed by atoms with Crippen LogP contribution in [0.3, 0.4) is 0 Å². The number of nitrogens with one attached hydrogen (secondary N) is 1. The fraction of sp³-hybridized carbons (Fsp3) is 0.579. The van der Waals surface area contributed by atoms with E-state index < -0.39 is 0 Å². The van der Waals surface area contributed by atoms with Crippen molar-refractivity contribution in [3.05, 3.63) is 24.3 Å². The number of anilines is 1. The summed E-state index contributed by atoms with van der Waals surface area (Å²) in [7, 11) is 0. The molecule has 5 rings (SSSR count). The highest BCUT2D eigenvalue weighted by atomic mass is 32.2. The van der Waals surface area contributed by atoms with Gasteiger partial charge in [0.25, 0.3) is 6.01 Å². The molecule has 7 nitrogen and oxygen atoms in total. The molecule has 1 aromatic heterocycles. The van der Waals surface area contributed by atoms with E-state index in [-0.39, 0.29) is 11.9 Å². The molecule has 1 aromatic carbocycles. The van der Waals surface area contributed by atoms with Crippen molar-refractivity contribution in [2.75, 3.05) is 55.8 Å². The van der Waals surface area contributed by atoms with Crippen LogP contribution >= 0.6 is 11.8 Å². The standard InChI is InChI=1S/C19H25N5O2S/c25-18(24-9-10-27-13-24)16-11-14(12-20-16)22-5-7-23(8-6-22)19-21-15-3-1-2-4-17(15)26-19/h1-4,14,16,20H,5-13H2/t14-,16-/m0/s1. The van der Waals surface area contributed by atoms with E-state index in [1.807, 2.05) is 40.9 Å². The Balaban J connectivity index is 1.17. The molecule has 8 heteroatoms. The van der Waals surface area contributed by atoms with Gasteiger partial charge in [0.1, 0.15) is 5.52 Å². The number of hydrogen-bond acceptors (Lipinski definition) is 7. The molecule has 3 aliphatic heterocycles. The second-order valence-electron chi connectivity index (χ2n) is 7.48. The molecule has 2 atom stereocenters. The third-order valence-electron chi connectivity index (χ3n) is 5.85. The van der Waals surface area contributed by atoms with Crippen molar-refractivity contribution >= 4 is 34.8 Å². The monoisotopic (exact) mass is 387 g/mol. The van der Waals surface area contributed by atoms with Crippen LogP contribution in [-0.4, -0.2) is 83.7 Å². The van der Waals surface area contributed by atoms with Crippen molar-refractivity contribution < 1.29 is 9.21 Å². The van der Waals surface area contributed by atoms with Crippen molar-refractivity contribution in [3.63, 3.8) is 0 Å². The first-order valence-corrected chi connectivity index (χ1v) is 10.9. The van der Waals surface area contributed by atoms with Gasteiger partial charge in [-0.1, -0.05) is 12.1 Å². The maximum atomic E-state index is 12.6. The number of carbonyl (C=O) groups excluding carboxylic acids is 1. The van der Waals surface area contributed by atoms with E-state index in [9.17, 15) is 4.79 Å². The molecule has 0 bridgehead atoms. The van der Waals surface area contributed by atoms with Gasteiger partial charge in [0.2, 0.25) is 5.91 Å². The summed E-state index contributed by atoms with van der Waals surface area (Å²) in [5.74, 6) is 2.21. The number of carbonyl (C=O) groups is 1. The Bertz CT molecular complexity index is 780. The molecule has 0 aliphatic carbocycles. The van der Waals surface area contributed by atoms with E-state index >= 15 is 0 Å². The maximum absolute atomic E-state index is 12.6. The molecule has 3 aliphatic rings. The number of para-hydroxylation sites is 2. The van der Waals surface area contributed by atoms with Crippen LogP contribution in [0, 0.1) is 0 Å². The highest BCUT2D eigenvalue weighted by molar-refractivity contribution is 7.99. The van der Waals surface area contributed by atoms with Gasteiger partial charge in [0, 0.05) is 51.1 Å². The average Bonchev–Trinajstić information content (AvgIpc) is 3.48. The van der Waals surface area contributed by atoms with Crippen LogP contribution in [0.4, 0.5) is 6.01 Å². The van der Waals surface area contributed by atoms with Gasteiger partial charge in [-0.15, -0.1) is 11.8 Å². The molecular formula is C19H25N5O2S. The van der Waals surface area contributed by atoms with E-state index in [1.165, 1.54) is 0 Å². The van der Waals surface area contributed by atoms with Gasteiger partial charge < -0.3 is 19.5 Å². The van der Waals surface area contributed by atoms with E-state index in [0.717, 1.165) is 74.4 Å². The largest absolute Gasteiger partial charge is 0.423 e. The minimum atomic E-state index is -0.0104. The minimum Gasteiger partial charge on any atom is -0.423 e. The number of hydrogen-bond donors (Lipinski definition) is 1. The zero-order valence-electron chi connectivity index (χ0n) is 15.3. The number of aromatic nitrogens is 1. The van der Waals surface area contributed by atoms with Gasteiger partial charge in [0.15, 0.2) is 5.58 Å². The number of rotatable bonds is 3. The molecule has 4 heterocycles. The lowest BCUT2D eigenvalue weighted by Crippen LogP contribution is -2.51. The summed E-state index contributed by atoms with van der Waals surface area (Å²) in [5, 5.41) is 3.45. The highest BCUT2D eigenvalue weighted by Gasteiger charge is 2.37. The summed E-state index contributed by atoms with van der Waals surface area (Å²) in [6.45, 7) is 5.57. The smallest absolute Gasteiger partial charge is 0.298 e. The third-order valence-corrected chi connectivity index (χ3v) is 6.82. The predicted molar refractivity (Wildman–Crippen MR) is 107 cm³/mol. The Morgan fingerprint density at radius 1 is 1.19 bits per heavy atom. The SMILES string of the molecule is O=C([C@@H]1C[C@H](N2CCN(c3nc4ccccc4o3)CC2)CN1)N1CCSC1. The predicted octanol–water partition coefficient (Wildman–Crippen LogP) is 1.21. The van der Waals surface area contributed by atoms with Crippen LogP contribution < -0.4 is 10.2 Å². The molecule has 3 saturated heterocycles. The molecule has 2 aromatic rings. The number of thioether (sulfide) groups is 1. The Morgan fingerprint density at radius 3 is 2.81 bits per heavy atom. The zero-order valence-corrected chi connectivity index (χ0v) is 16.2. The lowest BCUT2D eigenvalue weighted by Gasteiger charge is -2.37. The van der Waals surface area contributed by atoms with Crippen molar-refractivity contribution in [2.24, 2.45) is 0 Å².